The first kappa shape index (κ1) is 10.8. The molecular weight excluding hydrogens is 243 g/mol. The molecule has 14 heavy (non-hydrogen) atoms. The molecular formula is C10H10N2OSe. The Labute approximate surface area is 91.3 Å². The zero-order valence-corrected chi connectivity index (χ0v) is 9.73. The van der Waals surface area contributed by atoms with Crippen LogP contribution in [0, 0.1) is 11.3 Å². The molecule has 4 heteroatoms. The van der Waals surface area contributed by atoms with Crippen LogP contribution in [0.4, 0.5) is 0 Å². The van der Waals surface area contributed by atoms with Gasteiger partial charge in [-0.1, -0.05) is 0 Å². The van der Waals surface area contributed by atoms with Gasteiger partial charge >= 0.3 is 90.9 Å². The molecule has 1 aromatic rings. The van der Waals surface area contributed by atoms with Crippen LogP contribution in [0.3, 0.4) is 0 Å². The molecule has 0 fully saturated rings. The molecule has 0 saturated carbocycles. The Hall–Kier alpha value is -1.30. The van der Waals surface area contributed by atoms with E-state index in [9.17, 15) is 0 Å². The van der Waals surface area contributed by atoms with Gasteiger partial charge in [0.2, 0.25) is 0 Å². The Bertz CT molecular complexity index is 365. The van der Waals surface area contributed by atoms with Gasteiger partial charge in [-0.2, -0.15) is 0 Å². The molecule has 72 valence electrons. The quantitative estimate of drug-likeness (QED) is 0.746. The Morgan fingerprint density at radius 2 is 1.93 bits per heavy atom. The van der Waals surface area contributed by atoms with Crippen molar-refractivity contribution in [2.75, 3.05) is 14.1 Å². The van der Waals surface area contributed by atoms with Crippen LogP contribution in [0.5, 0.6) is 5.75 Å². The second-order valence-corrected chi connectivity index (χ2v) is 3.63. The summed E-state index contributed by atoms with van der Waals surface area (Å²) in [5.41, 5.74) is 0.629. The third-order valence-electron chi connectivity index (χ3n) is 1.55. The van der Waals surface area contributed by atoms with Crippen molar-refractivity contribution in [1.82, 2.24) is 4.90 Å². The molecule has 0 atom stereocenters. The first-order chi connectivity index (χ1) is 6.63. The first-order valence-electron chi connectivity index (χ1n) is 4.03. The second kappa shape index (κ2) is 4.80. The van der Waals surface area contributed by atoms with Crippen LogP contribution in [0.1, 0.15) is 5.56 Å². The van der Waals surface area contributed by atoms with Gasteiger partial charge in [-0.05, 0) is 0 Å². The van der Waals surface area contributed by atoms with Gasteiger partial charge in [0, 0.05) is 0 Å². The maximum absolute atomic E-state index is 8.59. The van der Waals surface area contributed by atoms with Crippen LogP contribution in [0.15, 0.2) is 24.3 Å². The summed E-state index contributed by atoms with van der Waals surface area (Å²) in [4.78, 5) is 1.83. The van der Waals surface area contributed by atoms with Gasteiger partial charge in [0.15, 0.2) is 0 Å². The van der Waals surface area contributed by atoms with Crippen LogP contribution in [-0.2, 0) is 0 Å². The van der Waals surface area contributed by atoms with Crippen molar-refractivity contribution in [2.45, 2.75) is 0 Å². The fraction of sp³-hybridized carbons (Fsp3) is 0.200. The topological polar surface area (TPSA) is 36.3 Å². The summed E-state index contributed by atoms with van der Waals surface area (Å²) in [5, 5.41) is 8.59. The second-order valence-electron chi connectivity index (χ2n) is 2.90. The predicted octanol–water partition coefficient (Wildman–Crippen LogP) is 0.755. The van der Waals surface area contributed by atoms with Crippen molar-refractivity contribution in [3.8, 4) is 11.8 Å². The zero-order valence-electron chi connectivity index (χ0n) is 8.02. The van der Waals surface area contributed by atoms with E-state index in [1.165, 1.54) is 0 Å². The standard InChI is InChI=1S/C10H10N2OSe/c1-12(2)10(14)13-9-5-3-8(7-11)4-6-9/h3-6H,1-2H3. The summed E-state index contributed by atoms with van der Waals surface area (Å²) in [7, 11) is 3.77. The first-order valence-corrected chi connectivity index (χ1v) is 4.88. The summed E-state index contributed by atoms with van der Waals surface area (Å²) < 4.78 is 6.14. The van der Waals surface area contributed by atoms with Crippen molar-refractivity contribution in [3.63, 3.8) is 0 Å². The average molecular weight is 253 g/mol. The maximum atomic E-state index is 8.59. The molecule has 0 aliphatic rings. The fourth-order valence-electron chi connectivity index (χ4n) is 0.790. The van der Waals surface area contributed by atoms with Crippen LogP contribution < -0.4 is 4.74 Å². The van der Waals surface area contributed by atoms with Crippen molar-refractivity contribution >= 4 is 20.3 Å². The summed E-state index contributed by atoms with van der Waals surface area (Å²) in [6.45, 7) is 0. The molecule has 0 saturated heterocycles. The van der Waals surface area contributed by atoms with E-state index in [2.05, 4.69) is 15.6 Å². The van der Waals surface area contributed by atoms with E-state index < -0.39 is 0 Å². The van der Waals surface area contributed by atoms with Crippen LogP contribution in [-0.4, -0.2) is 39.3 Å². The molecule has 0 spiro atoms. The molecule has 1 aromatic carbocycles. The summed E-state index contributed by atoms with van der Waals surface area (Å²) in [5.74, 6) is 0.714. The van der Waals surface area contributed by atoms with E-state index in [0.717, 1.165) is 0 Å². The van der Waals surface area contributed by atoms with Crippen LogP contribution >= 0.6 is 0 Å². The SMILES string of the molecule is CN(C)C(=[Se])Oc1ccc(C#N)cc1. The molecule has 0 aliphatic heterocycles. The number of benzene rings is 1. The van der Waals surface area contributed by atoms with E-state index >= 15 is 0 Å². The van der Waals surface area contributed by atoms with Crippen molar-refractivity contribution in [1.29, 1.82) is 5.26 Å². The molecule has 0 aromatic heterocycles. The van der Waals surface area contributed by atoms with Gasteiger partial charge in [0.25, 0.3) is 0 Å². The molecule has 0 unspecified atom stereocenters. The van der Waals surface area contributed by atoms with Crippen LogP contribution in [0.25, 0.3) is 0 Å². The zero-order chi connectivity index (χ0) is 10.6. The third-order valence-corrected chi connectivity index (χ3v) is 2.49. The van der Waals surface area contributed by atoms with Crippen LogP contribution in [0.2, 0.25) is 0 Å². The van der Waals surface area contributed by atoms with E-state index in [1.807, 2.05) is 25.1 Å². The molecule has 1 rings (SSSR count). The molecule has 0 amide bonds. The monoisotopic (exact) mass is 254 g/mol. The predicted molar refractivity (Wildman–Crippen MR) is 56.2 cm³/mol. The Balaban J connectivity index is 2.70. The molecule has 0 radical (unpaired) electrons. The number of hydrogen-bond donors (Lipinski definition) is 0. The molecule has 0 heterocycles. The molecule has 0 N–H and O–H groups in total. The van der Waals surface area contributed by atoms with Gasteiger partial charge in [0.05, 0.1) is 0 Å². The van der Waals surface area contributed by atoms with Crippen molar-refractivity contribution in [3.05, 3.63) is 29.8 Å². The Kier molecular flexibility index (Phi) is 3.70. The molecule has 0 aliphatic carbocycles. The Morgan fingerprint density at radius 1 is 1.36 bits per heavy atom. The van der Waals surface area contributed by atoms with E-state index in [-0.39, 0.29) is 0 Å². The van der Waals surface area contributed by atoms with Gasteiger partial charge < -0.3 is 0 Å². The summed E-state index contributed by atoms with van der Waals surface area (Å²) in [6.07, 6.45) is 0. The minimum absolute atomic E-state index is 0.629. The average Bonchev–Trinajstić information content (AvgIpc) is 2.19. The number of nitriles is 1. The van der Waals surface area contributed by atoms with Crippen molar-refractivity contribution in [2.24, 2.45) is 0 Å². The van der Waals surface area contributed by atoms with Gasteiger partial charge in [-0.3, -0.25) is 0 Å². The number of hydrogen-bond acceptors (Lipinski definition) is 3. The van der Waals surface area contributed by atoms with Gasteiger partial charge in [-0.15, -0.1) is 0 Å². The Morgan fingerprint density at radius 3 is 2.36 bits per heavy atom. The third kappa shape index (κ3) is 2.88. The summed E-state index contributed by atoms with van der Waals surface area (Å²) in [6, 6.07) is 9.02. The number of ether oxygens (including phenoxy) is 1. The number of rotatable bonds is 3. The molecule has 3 nitrogen and oxygen atoms in total. The summed E-state index contributed by atoms with van der Waals surface area (Å²) >= 11 is 2.81. The van der Waals surface area contributed by atoms with Gasteiger partial charge in [0.1, 0.15) is 0 Å². The van der Waals surface area contributed by atoms with E-state index in [4.69, 9.17) is 10.00 Å². The fourth-order valence-corrected chi connectivity index (χ4v) is 0.992. The minimum atomic E-state index is 0.629. The van der Waals surface area contributed by atoms with E-state index in [0.29, 0.717) is 16.0 Å². The number of nitrogens with zero attached hydrogens (tertiary/aromatic N) is 2. The normalized spacial score (nSPS) is 8.93. The molecule has 0 bridgehead atoms. The van der Waals surface area contributed by atoms with Crippen molar-refractivity contribution < 1.29 is 4.74 Å². The van der Waals surface area contributed by atoms with Gasteiger partial charge in [-0.25, -0.2) is 0 Å². The van der Waals surface area contributed by atoms with E-state index in [1.54, 1.807) is 24.3 Å².